The molecule has 4 rings (SSSR count). The van der Waals surface area contributed by atoms with Gasteiger partial charge in [-0.2, -0.15) is 0 Å². The number of benzene rings is 2. The Morgan fingerprint density at radius 1 is 1.22 bits per heavy atom. The lowest BCUT2D eigenvalue weighted by Gasteiger charge is -2.07. The number of nitrogens with zero attached hydrogens (tertiary/aromatic N) is 1. The second-order valence-electron chi connectivity index (χ2n) is 6.01. The van der Waals surface area contributed by atoms with E-state index in [1.165, 1.54) is 36.4 Å². The number of rotatable bonds is 2. The molecule has 0 saturated heterocycles. The Hall–Kier alpha value is -2.91. The van der Waals surface area contributed by atoms with Gasteiger partial charge in [0.25, 0.3) is 21.8 Å². The molecule has 2 aromatic carbocycles. The van der Waals surface area contributed by atoms with Gasteiger partial charge in [-0.15, -0.1) is 0 Å². The molecule has 1 aliphatic heterocycles. The zero-order chi connectivity index (χ0) is 19.5. The van der Waals surface area contributed by atoms with Crippen LogP contribution in [0.1, 0.15) is 20.8 Å². The molecule has 27 heavy (non-hydrogen) atoms. The van der Waals surface area contributed by atoms with Crippen molar-refractivity contribution in [3.8, 4) is 0 Å². The average molecular weight is 408 g/mol. The lowest BCUT2D eigenvalue weighted by atomic mass is 10.2. The van der Waals surface area contributed by atoms with E-state index in [0.29, 0.717) is 10.9 Å². The number of carbonyl (C=O) groups is 2. The van der Waals surface area contributed by atoms with E-state index in [1.54, 1.807) is 11.6 Å². The molecule has 0 fully saturated rings. The van der Waals surface area contributed by atoms with Gasteiger partial charge >= 0.3 is 0 Å². The molecule has 0 spiro atoms. The van der Waals surface area contributed by atoms with Gasteiger partial charge in [0.1, 0.15) is 16.4 Å². The largest absolute Gasteiger partial charge is 0.340 e. The molecule has 2 amide bonds. The molecule has 2 N–H and O–H groups in total. The standard InChI is InChI=1S/C17H11ClFN3O4S/c1-22-13-7-11(18)12(19)4-8(13)5-14(22)17(24)20-9-2-3-15-10(6-9)16(23)21-27(15,25)26/h2-7H,1H3,(H,20,24)(H,21,23). The molecule has 0 aliphatic carbocycles. The molecular formula is C17H11ClFN3O4S. The summed E-state index contributed by atoms with van der Waals surface area (Å²) < 4.78 is 40.6. The van der Waals surface area contributed by atoms with Gasteiger partial charge in [0.05, 0.1) is 16.1 Å². The van der Waals surface area contributed by atoms with Crippen LogP contribution in [0, 0.1) is 5.82 Å². The summed E-state index contributed by atoms with van der Waals surface area (Å²) in [5, 5.41) is 3.06. The SMILES string of the molecule is Cn1c(C(=O)Nc2ccc3c(c2)C(=O)NS3(=O)=O)cc2cc(F)c(Cl)cc21. The van der Waals surface area contributed by atoms with E-state index in [9.17, 15) is 22.4 Å². The fourth-order valence-corrected chi connectivity index (χ4v) is 4.31. The minimum atomic E-state index is -3.85. The summed E-state index contributed by atoms with van der Waals surface area (Å²) in [6.45, 7) is 0. The Kier molecular flexibility index (Phi) is 3.76. The van der Waals surface area contributed by atoms with Crippen molar-refractivity contribution in [2.75, 3.05) is 5.32 Å². The highest BCUT2D eigenvalue weighted by atomic mass is 35.5. The third-order valence-electron chi connectivity index (χ3n) is 4.32. The second-order valence-corrected chi connectivity index (χ2v) is 8.07. The second kappa shape index (κ2) is 5.80. The van der Waals surface area contributed by atoms with Crippen molar-refractivity contribution in [3.05, 3.63) is 58.5 Å². The maximum Gasteiger partial charge on any atom is 0.272 e. The number of halogens is 2. The lowest BCUT2D eigenvalue weighted by Crippen LogP contribution is -2.20. The quantitative estimate of drug-likeness (QED) is 0.682. The van der Waals surface area contributed by atoms with Gasteiger partial charge in [-0.1, -0.05) is 11.6 Å². The normalized spacial score (nSPS) is 14.9. The number of sulfonamides is 1. The molecule has 10 heteroatoms. The van der Waals surface area contributed by atoms with E-state index >= 15 is 0 Å². The molecule has 0 unspecified atom stereocenters. The van der Waals surface area contributed by atoms with Crippen molar-refractivity contribution in [2.24, 2.45) is 7.05 Å². The third kappa shape index (κ3) is 2.75. The molecule has 0 saturated carbocycles. The lowest BCUT2D eigenvalue weighted by molar-refractivity contribution is 0.0982. The average Bonchev–Trinajstić information content (AvgIpc) is 3.02. The predicted molar refractivity (Wildman–Crippen MR) is 96.9 cm³/mol. The Morgan fingerprint density at radius 2 is 1.96 bits per heavy atom. The number of anilines is 1. The molecule has 2 heterocycles. The molecule has 7 nitrogen and oxygen atoms in total. The molecule has 1 aliphatic rings. The van der Waals surface area contributed by atoms with Crippen LogP contribution in [0.2, 0.25) is 5.02 Å². The van der Waals surface area contributed by atoms with Crippen molar-refractivity contribution in [1.82, 2.24) is 9.29 Å². The summed E-state index contributed by atoms with van der Waals surface area (Å²) in [6.07, 6.45) is 0. The first-order valence-corrected chi connectivity index (χ1v) is 9.50. The topological polar surface area (TPSA) is 97.3 Å². The smallest absolute Gasteiger partial charge is 0.272 e. The zero-order valence-electron chi connectivity index (χ0n) is 13.7. The van der Waals surface area contributed by atoms with E-state index in [-0.39, 0.29) is 26.9 Å². The van der Waals surface area contributed by atoms with Crippen LogP contribution in [0.3, 0.4) is 0 Å². The van der Waals surface area contributed by atoms with Crippen LogP contribution < -0.4 is 10.0 Å². The number of aryl methyl sites for hydroxylation is 1. The summed E-state index contributed by atoms with van der Waals surface area (Å²) in [5.74, 6) is -1.85. The van der Waals surface area contributed by atoms with Crippen LogP contribution >= 0.6 is 11.6 Å². The Labute approximate surface area is 157 Å². The number of aromatic nitrogens is 1. The molecule has 138 valence electrons. The van der Waals surface area contributed by atoms with E-state index < -0.39 is 27.7 Å². The van der Waals surface area contributed by atoms with Crippen LogP contribution in [-0.2, 0) is 17.1 Å². The van der Waals surface area contributed by atoms with Crippen LogP contribution in [0.5, 0.6) is 0 Å². The highest BCUT2D eigenvalue weighted by molar-refractivity contribution is 7.90. The fourth-order valence-electron chi connectivity index (χ4n) is 3.00. The Bertz CT molecular complexity index is 1270. The zero-order valence-corrected chi connectivity index (χ0v) is 15.3. The third-order valence-corrected chi connectivity index (χ3v) is 5.99. The minimum Gasteiger partial charge on any atom is -0.340 e. The van der Waals surface area contributed by atoms with Gasteiger partial charge in [0.2, 0.25) is 0 Å². The maximum absolute atomic E-state index is 13.6. The minimum absolute atomic E-state index is 0.0429. The van der Waals surface area contributed by atoms with Gasteiger partial charge in [0.15, 0.2) is 0 Å². The highest BCUT2D eigenvalue weighted by Crippen LogP contribution is 2.28. The van der Waals surface area contributed by atoms with Crippen molar-refractivity contribution in [2.45, 2.75) is 4.90 Å². The molecule has 0 bridgehead atoms. The van der Waals surface area contributed by atoms with Crippen molar-refractivity contribution in [1.29, 1.82) is 0 Å². The van der Waals surface area contributed by atoms with Crippen molar-refractivity contribution >= 4 is 50.0 Å². The van der Waals surface area contributed by atoms with Crippen molar-refractivity contribution < 1.29 is 22.4 Å². The van der Waals surface area contributed by atoms with Gasteiger partial charge < -0.3 is 9.88 Å². The first-order valence-electron chi connectivity index (χ1n) is 7.64. The number of fused-ring (bicyclic) bond motifs is 2. The van der Waals surface area contributed by atoms with E-state index in [0.717, 1.165) is 0 Å². The number of amides is 2. The van der Waals surface area contributed by atoms with E-state index in [1.807, 2.05) is 4.72 Å². The van der Waals surface area contributed by atoms with Gasteiger partial charge in [0, 0.05) is 18.1 Å². The van der Waals surface area contributed by atoms with Crippen LogP contribution in [0.15, 0.2) is 41.3 Å². The first-order chi connectivity index (χ1) is 12.7. The summed E-state index contributed by atoms with van der Waals surface area (Å²) in [5.41, 5.74) is 1.02. The molecule has 1 aromatic heterocycles. The summed E-state index contributed by atoms with van der Waals surface area (Å²) in [6, 6.07) is 8.08. The van der Waals surface area contributed by atoms with E-state index in [2.05, 4.69) is 5.32 Å². The molecule has 0 atom stereocenters. The van der Waals surface area contributed by atoms with Gasteiger partial charge in [-0.05, 0) is 36.4 Å². The van der Waals surface area contributed by atoms with Crippen LogP contribution in [-0.4, -0.2) is 24.8 Å². The molecular weight excluding hydrogens is 397 g/mol. The number of carbonyl (C=O) groups excluding carboxylic acids is 2. The van der Waals surface area contributed by atoms with Crippen molar-refractivity contribution in [3.63, 3.8) is 0 Å². The summed E-state index contributed by atoms with van der Waals surface area (Å²) >= 11 is 5.79. The van der Waals surface area contributed by atoms with Crippen LogP contribution in [0.25, 0.3) is 10.9 Å². The number of hydrogen-bond donors (Lipinski definition) is 2. The summed E-state index contributed by atoms with van der Waals surface area (Å²) in [7, 11) is -2.22. The first kappa shape index (κ1) is 17.5. The number of hydrogen-bond acceptors (Lipinski definition) is 4. The van der Waals surface area contributed by atoms with Gasteiger partial charge in [-0.25, -0.2) is 17.5 Å². The molecule has 0 radical (unpaired) electrons. The monoisotopic (exact) mass is 407 g/mol. The van der Waals surface area contributed by atoms with Gasteiger partial charge in [-0.3, -0.25) is 9.59 Å². The maximum atomic E-state index is 13.6. The Balaban J connectivity index is 1.70. The molecule has 3 aromatic rings. The fraction of sp³-hybridized carbons (Fsp3) is 0.0588. The number of nitrogens with one attached hydrogen (secondary N) is 2. The van der Waals surface area contributed by atoms with E-state index in [4.69, 9.17) is 11.6 Å². The predicted octanol–water partition coefficient (Wildman–Crippen LogP) is 2.66. The highest BCUT2D eigenvalue weighted by Gasteiger charge is 2.32. The Morgan fingerprint density at radius 3 is 2.70 bits per heavy atom. The summed E-state index contributed by atoms with van der Waals surface area (Å²) in [4.78, 5) is 24.2. The van der Waals surface area contributed by atoms with Crippen LogP contribution in [0.4, 0.5) is 10.1 Å².